The van der Waals surface area contributed by atoms with E-state index in [0.717, 1.165) is 11.0 Å². The Morgan fingerprint density at radius 2 is 2.05 bits per heavy atom. The largest absolute Gasteiger partial charge is 0.405 e. The van der Waals surface area contributed by atoms with Gasteiger partial charge in [0, 0.05) is 24.4 Å². The van der Waals surface area contributed by atoms with Crippen LogP contribution in [0.3, 0.4) is 0 Å². The van der Waals surface area contributed by atoms with Gasteiger partial charge in [-0.2, -0.15) is 13.2 Å². The Balaban J connectivity index is 3.13. The van der Waals surface area contributed by atoms with Gasteiger partial charge in [-0.15, -0.1) is 0 Å². The van der Waals surface area contributed by atoms with Crippen LogP contribution in [0.1, 0.15) is 5.56 Å². The third-order valence-electron chi connectivity index (χ3n) is 2.48. The molecule has 0 atom stereocenters. The number of nitro groups is 1. The fourth-order valence-electron chi connectivity index (χ4n) is 1.67. The van der Waals surface area contributed by atoms with Crippen molar-refractivity contribution in [3.63, 3.8) is 0 Å². The van der Waals surface area contributed by atoms with E-state index < -0.39 is 24.3 Å². The lowest BCUT2D eigenvalue weighted by Gasteiger charge is -2.26. The predicted molar refractivity (Wildman–Crippen MR) is 63.2 cm³/mol. The van der Waals surface area contributed by atoms with Crippen LogP contribution in [0.4, 0.5) is 24.5 Å². The summed E-state index contributed by atoms with van der Waals surface area (Å²) in [5.74, 6) is 0. The summed E-state index contributed by atoms with van der Waals surface area (Å²) in [6.45, 7) is -0.435. The molecule has 0 spiro atoms. The number of hydrogen-bond donors (Lipinski definition) is 1. The minimum atomic E-state index is -4.45. The van der Waals surface area contributed by atoms with Crippen LogP contribution < -0.4 is 4.90 Å². The van der Waals surface area contributed by atoms with Crippen molar-refractivity contribution in [3.05, 3.63) is 33.9 Å². The molecule has 0 aliphatic heterocycles. The molecule has 0 fully saturated rings. The molecule has 1 N–H and O–H groups in total. The highest BCUT2D eigenvalue weighted by Crippen LogP contribution is 2.28. The van der Waals surface area contributed by atoms with Gasteiger partial charge in [-0.25, -0.2) is 0 Å². The fourth-order valence-corrected chi connectivity index (χ4v) is 1.67. The molecule has 0 amide bonds. The SMILES string of the molecule is Cc1ccc([N+](=O)[O-])cc1N(CCO)CC(F)(F)F. The standard InChI is InChI=1S/C11H13F3N2O3/c1-8-2-3-9(16(18)19)6-10(8)15(4-5-17)7-11(12,13)14/h2-3,6,17H,4-5,7H2,1H3. The maximum Gasteiger partial charge on any atom is 0.405 e. The van der Waals surface area contributed by atoms with Crippen molar-refractivity contribution in [2.24, 2.45) is 0 Å². The quantitative estimate of drug-likeness (QED) is 0.662. The van der Waals surface area contributed by atoms with Crippen molar-refractivity contribution in [1.29, 1.82) is 0 Å². The minimum absolute atomic E-state index is 0.0978. The highest BCUT2D eigenvalue weighted by molar-refractivity contribution is 5.58. The molecule has 19 heavy (non-hydrogen) atoms. The molecule has 0 aliphatic rings. The lowest BCUT2D eigenvalue weighted by Crippen LogP contribution is -2.36. The van der Waals surface area contributed by atoms with E-state index in [0.29, 0.717) is 5.56 Å². The van der Waals surface area contributed by atoms with E-state index in [-0.39, 0.29) is 17.9 Å². The molecule has 1 aromatic carbocycles. The van der Waals surface area contributed by atoms with Gasteiger partial charge in [0.1, 0.15) is 6.54 Å². The zero-order valence-corrected chi connectivity index (χ0v) is 10.1. The number of non-ortho nitro benzene ring substituents is 1. The van der Waals surface area contributed by atoms with Crippen LogP contribution in [-0.2, 0) is 0 Å². The van der Waals surface area contributed by atoms with E-state index in [2.05, 4.69) is 0 Å². The summed E-state index contributed by atoms with van der Waals surface area (Å²) in [5, 5.41) is 19.5. The first-order valence-electron chi connectivity index (χ1n) is 5.42. The molecule has 1 aromatic rings. The summed E-state index contributed by atoms with van der Waals surface area (Å²) in [7, 11) is 0. The maximum absolute atomic E-state index is 12.4. The lowest BCUT2D eigenvalue weighted by atomic mass is 10.1. The fraction of sp³-hybridized carbons (Fsp3) is 0.455. The summed E-state index contributed by atoms with van der Waals surface area (Å²) in [6.07, 6.45) is -4.45. The molecule has 0 aromatic heterocycles. The van der Waals surface area contributed by atoms with Crippen LogP contribution >= 0.6 is 0 Å². The third kappa shape index (κ3) is 4.40. The summed E-state index contributed by atoms with van der Waals surface area (Å²) < 4.78 is 37.3. The number of aliphatic hydroxyl groups is 1. The highest BCUT2D eigenvalue weighted by atomic mass is 19.4. The van der Waals surface area contributed by atoms with Gasteiger partial charge in [-0.1, -0.05) is 6.07 Å². The first-order chi connectivity index (χ1) is 8.74. The van der Waals surface area contributed by atoms with Gasteiger partial charge in [-0.05, 0) is 12.5 Å². The van der Waals surface area contributed by atoms with E-state index in [4.69, 9.17) is 5.11 Å². The van der Waals surface area contributed by atoms with Gasteiger partial charge >= 0.3 is 6.18 Å². The van der Waals surface area contributed by atoms with Crippen molar-refractivity contribution in [2.75, 3.05) is 24.6 Å². The summed E-state index contributed by atoms with van der Waals surface area (Å²) in [4.78, 5) is 10.8. The molecule has 8 heteroatoms. The second-order valence-electron chi connectivity index (χ2n) is 3.99. The molecule has 0 saturated carbocycles. The second-order valence-corrected chi connectivity index (χ2v) is 3.99. The zero-order chi connectivity index (χ0) is 14.6. The Morgan fingerprint density at radius 1 is 1.42 bits per heavy atom. The molecule has 0 unspecified atom stereocenters. The number of alkyl halides is 3. The molecule has 106 valence electrons. The van der Waals surface area contributed by atoms with Crippen LogP contribution in [0.25, 0.3) is 0 Å². The number of nitrogens with zero attached hydrogens (tertiary/aromatic N) is 2. The first kappa shape index (κ1) is 15.2. The number of rotatable bonds is 5. The van der Waals surface area contributed by atoms with Crippen molar-refractivity contribution in [3.8, 4) is 0 Å². The highest BCUT2D eigenvalue weighted by Gasteiger charge is 2.31. The van der Waals surface area contributed by atoms with Gasteiger partial charge in [0.25, 0.3) is 5.69 Å². The number of nitro benzene ring substituents is 1. The molecule has 0 saturated heterocycles. The first-order valence-corrected chi connectivity index (χ1v) is 5.42. The van der Waals surface area contributed by atoms with E-state index in [1.165, 1.54) is 12.1 Å². The number of anilines is 1. The normalized spacial score (nSPS) is 11.4. The number of halogens is 3. The summed E-state index contributed by atoms with van der Waals surface area (Å²) >= 11 is 0. The van der Waals surface area contributed by atoms with Gasteiger partial charge in [-0.3, -0.25) is 10.1 Å². The number of aryl methyl sites for hydroxylation is 1. The topological polar surface area (TPSA) is 66.6 Å². The molecule has 0 aliphatic carbocycles. The van der Waals surface area contributed by atoms with Gasteiger partial charge < -0.3 is 10.0 Å². The van der Waals surface area contributed by atoms with E-state index >= 15 is 0 Å². The Hall–Kier alpha value is -1.83. The van der Waals surface area contributed by atoms with Crippen LogP contribution in [0.2, 0.25) is 0 Å². The Morgan fingerprint density at radius 3 is 2.53 bits per heavy atom. The predicted octanol–water partition coefficient (Wildman–Crippen LogP) is 2.26. The monoisotopic (exact) mass is 278 g/mol. The minimum Gasteiger partial charge on any atom is -0.395 e. The van der Waals surface area contributed by atoms with Crippen molar-refractivity contribution >= 4 is 11.4 Å². The summed E-state index contributed by atoms with van der Waals surface area (Å²) in [6, 6.07) is 3.69. The Labute approximate surface area is 107 Å². The molecular formula is C11H13F3N2O3. The summed E-state index contributed by atoms with van der Waals surface area (Å²) in [5.41, 5.74) is 0.287. The van der Waals surface area contributed by atoms with E-state index in [9.17, 15) is 23.3 Å². The lowest BCUT2D eigenvalue weighted by molar-refractivity contribution is -0.384. The molecule has 0 bridgehead atoms. The second kappa shape index (κ2) is 5.87. The smallest absolute Gasteiger partial charge is 0.395 e. The number of benzene rings is 1. The van der Waals surface area contributed by atoms with Gasteiger partial charge in [0.2, 0.25) is 0 Å². The van der Waals surface area contributed by atoms with Crippen LogP contribution in [0.15, 0.2) is 18.2 Å². The molecule has 0 radical (unpaired) electrons. The average Bonchev–Trinajstić information content (AvgIpc) is 2.27. The van der Waals surface area contributed by atoms with E-state index in [1.807, 2.05) is 0 Å². The van der Waals surface area contributed by atoms with Gasteiger partial charge in [0.15, 0.2) is 0 Å². The molecule has 1 rings (SSSR count). The number of hydrogen-bond acceptors (Lipinski definition) is 4. The van der Waals surface area contributed by atoms with Crippen LogP contribution in [0, 0.1) is 17.0 Å². The number of aliphatic hydroxyl groups excluding tert-OH is 1. The average molecular weight is 278 g/mol. The molecular weight excluding hydrogens is 265 g/mol. The molecule has 0 heterocycles. The Bertz CT molecular complexity index is 463. The third-order valence-corrected chi connectivity index (χ3v) is 2.48. The Kier molecular flexibility index (Phi) is 4.71. The molecule has 5 nitrogen and oxygen atoms in total. The van der Waals surface area contributed by atoms with Crippen LogP contribution in [-0.4, -0.2) is 35.9 Å². The van der Waals surface area contributed by atoms with Crippen molar-refractivity contribution in [2.45, 2.75) is 13.1 Å². The van der Waals surface area contributed by atoms with Crippen molar-refractivity contribution in [1.82, 2.24) is 0 Å². The van der Waals surface area contributed by atoms with Crippen LogP contribution in [0.5, 0.6) is 0 Å². The van der Waals surface area contributed by atoms with Gasteiger partial charge in [0.05, 0.1) is 11.5 Å². The zero-order valence-electron chi connectivity index (χ0n) is 10.1. The van der Waals surface area contributed by atoms with E-state index in [1.54, 1.807) is 6.92 Å². The maximum atomic E-state index is 12.4. The van der Waals surface area contributed by atoms with Crippen molar-refractivity contribution < 1.29 is 23.2 Å².